The summed E-state index contributed by atoms with van der Waals surface area (Å²) >= 11 is 0. The van der Waals surface area contributed by atoms with Crippen LogP contribution in [0.3, 0.4) is 0 Å². The van der Waals surface area contributed by atoms with Crippen LogP contribution < -0.4 is 0 Å². The van der Waals surface area contributed by atoms with E-state index in [0.717, 1.165) is 28.8 Å². The van der Waals surface area contributed by atoms with E-state index < -0.39 is 42.6 Å². The fourth-order valence-electron chi connectivity index (χ4n) is 4.03. The number of hydrogen-bond acceptors (Lipinski definition) is 5. The lowest BCUT2D eigenvalue weighted by Crippen LogP contribution is -2.45. The number of alkyl halides is 3. The smallest absolute Gasteiger partial charge is 0.341 e. The molecule has 0 bridgehead atoms. The zero-order chi connectivity index (χ0) is 23.7. The van der Waals surface area contributed by atoms with E-state index in [9.17, 15) is 34.8 Å². The summed E-state index contributed by atoms with van der Waals surface area (Å²) in [4.78, 5) is 14.1. The van der Waals surface area contributed by atoms with Crippen LogP contribution >= 0.6 is 0 Å². The lowest BCUT2D eigenvalue weighted by atomic mass is 9.96. The second-order valence-electron chi connectivity index (χ2n) is 8.04. The average molecular weight is 498 g/mol. The number of rotatable bonds is 4. The molecule has 0 saturated carbocycles. The summed E-state index contributed by atoms with van der Waals surface area (Å²) in [5.74, 6) is -0.552. The predicted molar refractivity (Wildman–Crippen MR) is 111 cm³/mol. The topological polar surface area (TPSA) is 95.1 Å². The molecule has 2 heterocycles. The fourth-order valence-corrected chi connectivity index (χ4v) is 6.42. The van der Waals surface area contributed by atoms with Crippen LogP contribution in [0.4, 0.5) is 13.2 Å². The number of nitrogens with zero attached hydrogens (tertiary/aromatic N) is 3. The number of piperidine rings is 1. The SMILES string of the molecule is CS(=O)(=O)N1CCCN(C(=O)C2CCN(S(=O)(=O)c3cccc(C(F)(F)F)c3)CC2)CC1. The maximum atomic E-state index is 12.9. The Balaban J connectivity index is 1.63. The molecule has 0 unspecified atom stereocenters. The van der Waals surface area contributed by atoms with Crippen molar-refractivity contribution in [1.29, 1.82) is 0 Å². The normalized spacial score (nSPS) is 20.8. The molecule has 8 nitrogen and oxygen atoms in total. The molecule has 13 heteroatoms. The number of sulfonamides is 2. The van der Waals surface area contributed by atoms with Gasteiger partial charge in [0.1, 0.15) is 0 Å². The van der Waals surface area contributed by atoms with Gasteiger partial charge in [-0.3, -0.25) is 4.79 Å². The molecule has 180 valence electrons. The van der Waals surface area contributed by atoms with Gasteiger partial charge in [0.05, 0.1) is 16.7 Å². The quantitative estimate of drug-likeness (QED) is 0.630. The number of carbonyl (C=O) groups excluding carboxylic acids is 1. The number of hydrogen-bond donors (Lipinski definition) is 0. The van der Waals surface area contributed by atoms with Crippen molar-refractivity contribution in [2.24, 2.45) is 5.92 Å². The highest BCUT2D eigenvalue weighted by atomic mass is 32.2. The largest absolute Gasteiger partial charge is 0.416 e. The molecule has 0 aliphatic carbocycles. The van der Waals surface area contributed by atoms with Crippen LogP contribution in [0.2, 0.25) is 0 Å². The van der Waals surface area contributed by atoms with Crippen LogP contribution in [0.5, 0.6) is 0 Å². The Labute approximate surface area is 186 Å². The van der Waals surface area contributed by atoms with Crippen LogP contribution in [0.25, 0.3) is 0 Å². The lowest BCUT2D eigenvalue weighted by Gasteiger charge is -2.33. The summed E-state index contributed by atoms with van der Waals surface area (Å²) in [5.41, 5.74) is -1.03. The molecule has 0 spiro atoms. The molecule has 2 saturated heterocycles. The molecular weight excluding hydrogens is 471 g/mol. The number of halogens is 3. The summed E-state index contributed by atoms with van der Waals surface area (Å²) in [7, 11) is -7.45. The van der Waals surface area contributed by atoms with E-state index in [2.05, 4.69) is 0 Å². The Hall–Kier alpha value is -1.70. The first-order valence-corrected chi connectivity index (χ1v) is 13.5. The first kappa shape index (κ1) is 24.9. The van der Waals surface area contributed by atoms with Crippen molar-refractivity contribution in [2.45, 2.75) is 30.3 Å². The standard InChI is InChI=1S/C19H26F3N3O5S2/c1-31(27,28)24-9-3-8-23(12-13-24)18(26)15-6-10-25(11-7-15)32(29,30)17-5-2-4-16(14-17)19(20,21)22/h2,4-5,14-15H,3,6-13H2,1H3. The highest BCUT2D eigenvalue weighted by Crippen LogP contribution is 2.32. The molecule has 2 aliphatic heterocycles. The summed E-state index contributed by atoms with van der Waals surface area (Å²) in [6.07, 6.45) is -2.50. The summed E-state index contributed by atoms with van der Waals surface area (Å²) in [6.45, 7) is 1.31. The molecule has 2 aliphatic rings. The molecule has 0 aromatic heterocycles. The monoisotopic (exact) mass is 497 g/mol. The van der Waals surface area contributed by atoms with E-state index in [1.807, 2.05) is 0 Å². The van der Waals surface area contributed by atoms with Gasteiger partial charge in [-0.1, -0.05) is 6.07 Å². The number of amides is 1. The maximum Gasteiger partial charge on any atom is 0.416 e. The van der Waals surface area contributed by atoms with Gasteiger partial charge in [0.15, 0.2) is 0 Å². The highest BCUT2D eigenvalue weighted by Gasteiger charge is 2.36. The van der Waals surface area contributed by atoms with Crippen molar-refractivity contribution in [1.82, 2.24) is 13.5 Å². The third-order valence-electron chi connectivity index (χ3n) is 5.84. The molecule has 0 radical (unpaired) electrons. The predicted octanol–water partition coefficient (Wildman–Crippen LogP) is 1.60. The van der Waals surface area contributed by atoms with Gasteiger partial charge in [-0.05, 0) is 37.5 Å². The second kappa shape index (κ2) is 9.27. The molecule has 1 aromatic rings. The van der Waals surface area contributed by atoms with E-state index in [1.54, 1.807) is 4.90 Å². The third kappa shape index (κ3) is 5.61. The highest BCUT2D eigenvalue weighted by molar-refractivity contribution is 7.89. The molecular formula is C19H26F3N3O5S2. The number of benzene rings is 1. The Morgan fingerprint density at radius 3 is 2.19 bits per heavy atom. The van der Waals surface area contributed by atoms with Gasteiger partial charge in [-0.15, -0.1) is 0 Å². The van der Waals surface area contributed by atoms with Gasteiger partial charge >= 0.3 is 6.18 Å². The van der Waals surface area contributed by atoms with Crippen LogP contribution in [-0.2, 0) is 31.0 Å². The van der Waals surface area contributed by atoms with E-state index in [4.69, 9.17) is 0 Å². The third-order valence-corrected chi connectivity index (χ3v) is 9.04. The average Bonchev–Trinajstić information content (AvgIpc) is 2.99. The first-order chi connectivity index (χ1) is 14.8. The maximum absolute atomic E-state index is 12.9. The van der Waals surface area contributed by atoms with Crippen molar-refractivity contribution < 1.29 is 34.8 Å². The van der Waals surface area contributed by atoms with Crippen LogP contribution in [0.15, 0.2) is 29.2 Å². The molecule has 1 amide bonds. The molecule has 32 heavy (non-hydrogen) atoms. The zero-order valence-electron chi connectivity index (χ0n) is 17.6. The minimum atomic E-state index is -4.65. The van der Waals surface area contributed by atoms with Crippen LogP contribution in [0, 0.1) is 5.92 Å². The van der Waals surface area contributed by atoms with E-state index in [1.165, 1.54) is 4.31 Å². The van der Waals surface area contributed by atoms with Gasteiger partial charge in [0.25, 0.3) is 0 Å². The first-order valence-electron chi connectivity index (χ1n) is 10.2. The molecule has 2 fully saturated rings. The van der Waals surface area contributed by atoms with E-state index in [0.29, 0.717) is 25.6 Å². The van der Waals surface area contributed by atoms with Crippen LogP contribution in [-0.4, -0.2) is 81.8 Å². The van der Waals surface area contributed by atoms with Gasteiger partial charge in [0.2, 0.25) is 26.0 Å². The molecule has 0 atom stereocenters. The Morgan fingerprint density at radius 1 is 0.938 bits per heavy atom. The molecule has 1 aromatic carbocycles. The van der Waals surface area contributed by atoms with E-state index in [-0.39, 0.29) is 44.9 Å². The van der Waals surface area contributed by atoms with Gasteiger partial charge in [-0.25, -0.2) is 21.1 Å². The van der Waals surface area contributed by atoms with Gasteiger partial charge in [-0.2, -0.15) is 17.5 Å². The van der Waals surface area contributed by atoms with Crippen LogP contribution in [0.1, 0.15) is 24.8 Å². The minimum absolute atomic E-state index is 0.0261. The van der Waals surface area contributed by atoms with Crippen molar-refractivity contribution >= 4 is 26.0 Å². The fraction of sp³-hybridized carbons (Fsp3) is 0.632. The van der Waals surface area contributed by atoms with E-state index >= 15 is 0 Å². The summed E-state index contributed by atoms with van der Waals surface area (Å²) in [5, 5.41) is 0. The van der Waals surface area contributed by atoms with Crippen molar-refractivity contribution in [3.63, 3.8) is 0 Å². The lowest BCUT2D eigenvalue weighted by molar-refractivity contribution is -0.138. The van der Waals surface area contributed by atoms with Crippen molar-refractivity contribution in [3.05, 3.63) is 29.8 Å². The Morgan fingerprint density at radius 2 is 1.59 bits per heavy atom. The summed E-state index contributed by atoms with van der Waals surface area (Å²) < 4.78 is 90.4. The van der Waals surface area contributed by atoms with Gasteiger partial charge < -0.3 is 4.90 Å². The summed E-state index contributed by atoms with van der Waals surface area (Å²) in [6, 6.07) is 3.63. The van der Waals surface area contributed by atoms with Crippen molar-refractivity contribution in [3.8, 4) is 0 Å². The molecule has 3 rings (SSSR count). The minimum Gasteiger partial charge on any atom is -0.341 e. The van der Waals surface area contributed by atoms with Gasteiger partial charge in [0, 0.05) is 45.2 Å². The number of carbonyl (C=O) groups is 1. The molecule has 0 N–H and O–H groups in total. The Bertz CT molecular complexity index is 1050. The zero-order valence-corrected chi connectivity index (χ0v) is 19.2. The second-order valence-corrected chi connectivity index (χ2v) is 12.0. The van der Waals surface area contributed by atoms with Crippen molar-refractivity contribution in [2.75, 3.05) is 45.5 Å². The Kier molecular flexibility index (Phi) is 7.23.